The van der Waals surface area contributed by atoms with E-state index in [1.807, 2.05) is 0 Å². The Labute approximate surface area is 225 Å². The number of hydrogen-bond acceptors (Lipinski definition) is 2. The van der Waals surface area contributed by atoms with Crippen molar-refractivity contribution in [2.45, 2.75) is 156 Å². The maximum absolute atomic E-state index is 12.2. The zero-order valence-corrected chi connectivity index (χ0v) is 25.4. The van der Waals surface area contributed by atoms with Crippen LogP contribution in [0.3, 0.4) is 0 Å². The summed E-state index contributed by atoms with van der Waals surface area (Å²) >= 11 is 0. The molecule has 0 aromatic carbocycles. The van der Waals surface area contributed by atoms with Crippen LogP contribution < -0.4 is 17.0 Å². The summed E-state index contributed by atoms with van der Waals surface area (Å²) in [7, 11) is 0. The van der Waals surface area contributed by atoms with Crippen LogP contribution in [0, 0.1) is 0 Å². The summed E-state index contributed by atoms with van der Waals surface area (Å²) in [5.41, 5.74) is 0. The molecule has 0 atom stereocenters. The van der Waals surface area contributed by atoms with Crippen molar-refractivity contribution in [1.82, 2.24) is 0 Å². The maximum atomic E-state index is 12.2. The fourth-order valence-corrected chi connectivity index (χ4v) is 4.86. The lowest BCUT2D eigenvalue weighted by Gasteiger charge is -2.39. The van der Waals surface area contributed by atoms with E-state index in [-0.39, 0.29) is 23.0 Å². The molecule has 0 spiro atoms. The second-order valence-electron chi connectivity index (χ2n) is 10.5. The molecule has 206 valence electrons. The lowest BCUT2D eigenvalue weighted by atomic mass is 10.0. The third-order valence-electron chi connectivity index (χ3n) is 7.27. The molecule has 34 heavy (non-hydrogen) atoms. The number of halogens is 1. The van der Waals surface area contributed by atoms with Gasteiger partial charge in [0.15, 0.2) is 0 Å². The standard InChI is InChI=1S/C30H62NO2.BrH/c1-5-9-13-14-15-16-17-18-19-20-21-22-23-24-30(32)33-29-28-31(25-10-6-2,26-11-7-3)27-12-8-4;/h5-29H2,1-4H3;1H/q+1;/p-1. The number of ether oxygens (including phenoxy) is 1. The first-order valence-corrected chi connectivity index (χ1v) is 15.1. The van der Waals surface area contributed by atoms with Crippen molar-refractivity contribution < 1.29 is 31.0 Å². The summed E-state index contributed by atoms with van der Waals surface area (Å²) in [5, 5.41) is 0. The highest BCUT2D eigenvalue weighted by molar-refractivity contribution is 5.69. The van der Waals surface area contributed by atoms with Gasteiger partial charge in [0.25, 0.3) is 0 Å². The van der Waals surface area contributed by atoms with Crippen molar-refractivity contribution in [2.75, 3.05) is 32.8 Å². The van der Waals surface area contributed by atoms with Crippen LogP contribution >= 0.6 is 0 Å². The molecule has 0 aliphatic heterocycles. The largest absolute Gasteiger partial charge is 1.00 e. The number of carbonyl (C=O) groups is 1. The van der Waals surface area contributed by atoms with Gasteiger partial charge in [0.1, 0.15) is 13.2 Å². The Hall–Kier alpha value is -0.0900. The molecule has 3 nitrogen and oxygen atoms in total. The predicted molar refractivity (Wildman–Crippen MR) is 146 cm³/mol. The molecular weight excluding hydrogens is 486 g/mol. The van der Waals surface area contributed by atoms with Gasteiger partial charge in [-0.15, -0.1) is 0 Å². The van der Waals surface area contributed by atoms with E-state index in [2.05, 4.69) is 27.7 Å². The Morgan fingerprint density at radius 2 is 0.853 bits per heavy atom. The number of unbranched alkanes of at least 4 members (excludes halogenated alkanes) is 15. The highest BCUT2D eigenvalue weighted by Crippen LogP contribution is 2.16. The summed E-state index contributed by atoms with van der Waals surface area (Å²) in [6, 6.07) is 0. The van der Waals surface area contributed by atoms with Gasteiger partial charge >= 0.3 is 5.97 Å². The molecule has 0 aliphatic carbocycles. The Morgan fingerprint density at radius 1 is 0.500 bits per heavy atom. The molecule has 0 aliphatic rings. The van der Waals surface area contributed by atoms with Gasteiger partial charge in [0.05, 0.1) is 19.6 Å². The van der Waals surface area contributed by atoms with Crippen molar-refractivity contribution in [3.63, 3.8) is 0 Å². The third-order valence-corrected chi connectivity index (χ3v) is 7.27. The van der Waals surface area contributed by atoms with Gasteiger partial charge in [-0.3, -0.25) is 4.79 Å². The summed E-state index contributed by atoms with van der Waals surface area (Å²) in [6.07, 6.45) is 25.6. The summed E-state index contributed by atoms with van der Waals surface area (Å²) in [6.45, 7) is 14.5. The third kappa shape index (κ3) is 22.4. The monoisotopic (exact) mass is 547 g/mol. The number of esters is 1. The first-order valence-electron chi connectivity index (χ1n) is 15.1. The van der Waals surface area contributed by atoms with E-state index in [9.17, 15) is 4.79 Å². The van der Waals surface area contributed by atoms with E-state index in [0.717, 1.165) is 17.4 Å². The van der Waals surface area contributed by atoms with Crippen LogP contribution in [-0.2, 0) is 9.53 Å². The first kappa shape index (κ1) is 36.1. The molecule has 0 saturated carbocycles. The molecule has 4 heteroatoms. The van der Waals surface area contributed by atoms with Crippen molar-refractivity contribution in [3.05, 3.63) is 0 Å². The lowest BCUT2D eigenvalue weighted by molar-refractivity contribution is -0.929. The second kappa shape index (κ2) is 27.5. The maximum Gasteiger partial charge on any atom is 0.305 e. The molecule has 0 saturated heterocycles. The lowest BCUT2D eigenvalue weighted by Crippen LogP contribution is -3.00. The van der Waals surface area contributed by atoms with Crippen LogP contribution in [0.5, 0.6) is 0 Å². The molecule has 0 N–H and O–H groups in total. The van der Waals surface area contributed by atoms with E-state index < -0.39 is 0 Å². The van der Waals surface area contributed by atoms with Crippen LogP contribution in [0.15, 0.2) is 0 Å². The summed E-state index contributed by atoms with van der Waals surface area (Å²) < 4.78 is 6.84. The molecular formula is C30H62BrNO2. The van der Waals surface area contributed by atoms with E-state index in [0.29, 0.717) is 13.0 Å². The van der Waals surface area contributed by atoms with Gasteiger partial charge in [0, 0.05) is 6.42 Å². The molecule has 0 amide bonds. The van der Waals surface area contributed by atoms with Gasteiger partial charge in [0.2, 0.25) is 0 Å². The Morgan fingerprint density at radius 3 is 1.24 bits per heavy atom. The second-order valence-corrected chi connectivity index (χ2v) is 10.5. The zero-order chi connectivity index (χ0) is 24.5. The predicted octanol–water partition coefficient (Wildman–Crippen LogP) is 6.23. The minimum absolute atomic E-state index is 0. The van der Waals surface area contributed by atoms with E-state index in [4.69, 9.17) is 4.74 Å². The van der Waals surface area contributed by atoms with Gasteiger partial charge in [-0.25, -0.2) is 0 Å². The normalized spacial score (nSPS) is 11.4. The number of rotatable bonds is 26. The zero-order valence-electron chi connectivity index (χ0n) is 23.8. The number of carbonyl (C=O) groups excluding carboxylic acids is 1. The van der Waals surface area contributed by atoms with Crippen molar-refractivity contribution >= 4 is 5.97 Å². The molecule has 0 aromatic heterocycles. The van der Waals surface area contributed by atoms with Gasteiger partial charge in [-0.05, 0) is 25.7 Å². The SMILES string of the molecule is CCCCCCCCCCCCCCCC(=O)OCC[N+](CCCC)(CCCC)CCCC.[Br-]. The van der Waals surface area contributed by atoms with Gasteiger partial charge in [-0.1, -0.05) is 124 Å². The minimum Gasteiger partial charge on any atom is -1.00 e. The van der Waals surface area contributed by atoms with Crippen LogP contribution in [0.1, 0.15) is 156 Å². The minimum atomic E-state index is 0. The topological polar surface area (TPSA) is 26.3 Å². The van der Waals surface area contributed by atoms with Gasteiger partial charge in [-0.2, -0.15) is 0 Å². The van der Waals surface area contributed by atoms with Crippen LogP contribution in [-0.4, -0.2) is 43.2 Å². The Kier molecular flexibility index (Phi) is 29.2. The Balaban J connectivity index is 0. The van der Waals surface area contributed by atoms with Crippen molar-refractivity contribution in [3.8, 4) is 0 Å². The fraction of sp³-hybridized carbons (Fsp3) is 0.967. The van der Waals surface area contributed by atoms with Crippen molar-refractivity contribution in [2.24, 2.45) is 0 Å². The highest BCUT2D eigenvalue weighted by atomic mass is 79.9. The van der Waals surface area contributed by atoms with E-state index in [1.165, 1.54) is 135 Å². The molecule has 0 bridgehead atoms. The molecule has 0 heterocycles. The summed E-state index contributed by atoms with van der Waals surface area (Å²) in [5.74, 6) is 0.0256. The molecule has 0 aromatic rings. The van der Waals surface area contributed by atoms with Crippen LogP contribution in [0.25, 0.3) is 0 Å². The van der Waals surface area contributed by atoms with Crippen molar-refractivity contribution in [1.29, 1.82) is 0 Å². The number of hydrogen-bond donors (Lipinski definition) is 0. The number of nitrogens with zero attached hydrogens (tertiary/aromatic N) is 1. The van der Waals surface area contributed by atoms with Crippen LogP contribution in [0.2, 0.25) is 0 Å². The van der Waals surface area contributed by atoms with E-state index >= 15 is 0 Å². The average Bonchev–Trinajstić information content (AvgIpc) is 2.82. The average molecular weight is 549 g/mol. The quantitative estimate of drug-likeness (QED) is 0.0728. The number of quaternary nitrogens is 1. The van der Waals surface area contributed by atoms with Gasteiger partial charge < -0.3 is 26.2 Å². The van der Waals surface area contributed by atoms with Crippen LogP contribution in [0.4, 0.5) is 0 Å². The first-order chi connectivity index (χ1) is 16.1. The molecule has 0 radical (unpaired) electrons. The highest BCUT2D eigenvalue weighted by Gasteiger charge is 2.26. The smallest absolute Gasteiger partial charge is 0.305 e. The molecule has 0 unspecified atom stereocenters. The molecule has 0 fully saturated rings. The molecule has 0 rings (SSSR count). The van der Waals surface area contributed by atoms with E-state index in [1.54, 1.807) is 0 Å². The Bertz CT molecular complexity index is 395. The fourth-order valence-electron chi connectivity index (χ4n) is 4.86. The summed E-state index contributed by atoms with van der Waals surface area (Å²) in [4.78, 5) is 12.2.